The van der Waals surface area contributed by atoms with Crippen LogP contribution >= 0.6 is 0 Å². The second-order valence-electron chi connectivity index (χ2n) is 4.94. The summed E-state index contributed by atoms with van der Waals surface area (Å²) in [5.41, 5.74) is 0.465. The number of carboxylic acids is 1. The number of nitrogens with one attached hydrogen (secondary N) is 1. The van der Waals surface area contributed by atoms with Crippen molar-refractivity contribution in [1.82, 2.24) is 5.32 Å². The highest BCUT2D eigenvalue weighted by Crippen LogP contribution is 2.32. The van der Waals surface area contributed by atoms with E-state index in [1.807, 2.05) is 0 Å². The first-order valence-corrected chi connectivity index (χ1v) is 6.69. The number of carboxylic acid groups (broad SMARTS) is 1. The van der Waals surface area contributed by atoms with Crippen molar-refractivity contribution in [2.75, 3.05) is 13.3 Å². The number of rotatable bonds is 4. The van der Waals surface area contributed by atoms with Gasteiger partial charge >= 0.3 is 5.97 Å². The molecule has 3 rings (SSSR count). The van der Waals surface area contributed by atoms with Crippen LogP contribution in [0, 0.1) is 0 Å². The van der Waals surface area contributed by atoms with Crippen molar-refractivity contribution in [2.24, 2.45) is 0 Å². The maximum atomic E-state index is 12.0. The number of benzene rings is 1. The molecular weight excluding hydrogens is 278 g/mol. The number of ether oxygens (including phenoxy) is 3. The van der Waals surface area contributed by atoms with Crippen LogP contribution in [0.3, 0.4) is 0 Å². The van der Waals surface area contributed by atoms with E-state index < -0.39 is 12.1 Å². The van der Waals surface area contributed by atoms with Gasteiger partial charge in [0.05, 0.1) is 6.10 Å². The van der Waals surface area contributed by atoms with Crippen molar-refractivity contribution in [3.05, 3.63) is 23.8 Å². The van der Waals surface area contributed by atoms with Crippen molar-refractivity contribution in [2.45, 2.75) is 25.0 Å². The summed E-state index contributed by atoms with van der Waals surface area (Å²) in [7, 11) is 0. The lowest BCUT2D eigenvalue weighted by atomic mass is 10.1. The Balaban J connectivity index is 1.54. The van der Waals surface area contributed by atoms with Crippen molar-refractivity contribution >= 4 is 11.9 Å². The molecule has 7 heteroatoms. The maximum Gasteiger partial charge on any atom is 0.332 e. The Hall–Kier alpha value is -2.28. The molecule has 0 radical (unpaired) electrons. The van der Waals surface area contributed by atoms with Crippen LogP contribution in [0.2, 0.25) is 0 Å². The molecule has 0 spiro atoms. The van der Waals surface area contributed by atoms with Crippen molar-refractivity contribution in [1.29, 1.82) is 0 Å². The van der Waals surface area contributed by atoms with Gasteiger partial charge in [-0.1, -0.05) is 0 Å². The van der Waals surface area contributed by atoms with Crippen molar-refractivity contribution in [3.8, 4) is 11.5 Å². The topological polar surface area (TPSA) is 94.1 Å². The number of carbonyl (C=O) groups excluding carboxylic acids is 1. The minimum Gasteiger partial charge on any atom is -0.479 e. The van der Waals surface area contributed by atoms with Gasteiger partial charge < -0.3 is 24.6 Å². The summed E-state index contributed by atoms with van der Waals surface area (Å²) in [5, 5.41) is 11.6. The number of fused-ring (bicyclic) bond motifs is 1. The van der Waals surface area contributed by atoms with E-state index >= 15 is 0 Å². The molecule has 112 valence electrons. The molecule has 1 saturated heterocycles. The minimum atomic E-state index is -0.959. The summed E-state index contributed by atoms with van der Waals surface area (Å²) in [6, 6.07) is 4.95. The van der Waals surface area contributed by atoms with E-state index in [1.165, 1.54) is 0 Å². The standard InChI is InChI=1S/C14H15NO6/c16-13(8-1-3-10-12(5-8)20-7-19-10)15-6-9-2-4-11(21-9)14(17)18/h1,3,5,9,11H,2,4,6-7H2,(H,15,16)(H,17,18). The zero-order valence-corrected chi connectivity index (χ0v) is 11.2. The van der Waals surface area contributed by atoms with E-state index in [0.717, 1.165) is 0 Å². The summed E-state index contributed by atoms with van der Waals surface area (Å²) in [5.74, 6) is -0.0454. The quantitative estimate of drug-likeness (QED) is 0.852. The lowest BCUT2D eigenvalue weighted by molar-refractivity contribution is -0.149. The fourth-order valence-corrected chi connectivity index (χ4v) is 2.38. The average molecular weight is 293 g/mol. The minimum absolute atomic E-state index is 0.160. The second kappa shape index (κ2) is 5.61. The molecule has 2 aliphatic rings. The van der Waals surface area contributed by atoms with Crippen molar-refractivity contribution in [3.63, 3.8) is 0 Å². The smallest absolute Gasteiger partial charge is 0.332 e. The molecule has 0 saturated carbocycles. The molecule has 2 N–H and O–H groups in total. The number of carbonyl (C=O) groups is 2. The number of hydrogen-bond donors (Lipinski definition) is 2. The van der Waals surface area contributed by atoms with Gasteiger partial charge in [-0.3, -0.25) is 4.79 Å². The van der Waals surface area contributed by atoms with E-state index in [2.05, 4.69) is 5.32 Å². The molecule has 7 nitrogen and oxygen atoms in total. The molecule has 2 heterocycles. The van der Waals surface area contributed by atoms with Gasteiger partial charge in [-0.05, 0) is 31.0 Å². The number of aliphatic carboxylic acids is 1. The van der Waals surface area contributed by atoms with Crippen LogP contribution in [0.4, 0.5) is 0 Å². The van der Waals surface area contributed by atoms with Gasteiger partial charge in [0.15, 0.2) is 17.6 Å². The van der Waals surface area contributed by atoms with Crippen LogP contribution in [0.25, 0.3) is 0 Å². The summed E-state index contributed by atoms with van der Waals surface area (Å²) in [4.78, 5) is 22.8. The highest BCUT2D eigenvalue weighted by molar-refractivity contribution is 5.94. The summed E-state index contributed by atoms with van der Waals surface area (Å²) >= 11 is 0. The first-order chi connectivity index (χ1) is 10.1. The molecule has 2 aliphatic heterocycles. The molecule has 0 aliphatic carbocycles. The zero-order valence-electron chi connectivity index (χ0n) is 11.2. The molecule has 2 unspecified atom stereocenters. The van der Waals surface area contributed by atoms with E-state index in [9.17, 15) is 9.59 Å². The van der Waals surface area contributed by atoms with Gasteiger partial charge in [0, 0.05) is 12.1 Å². The predicted octanol–water partition coefficient (Wildman–Crippen LogP) is 0.777. The Morgan fingerprint density at radius 1 is 1.24 bits per heavy atom. The Bertz CT molecular complexity index is 573. The van der Waals surface area contributed by atoms with Crippen LogP contribution in [-0.2, 0) is 9.53 Å². The maximum absolute atomic E-state index is 12.0. The molecule has 0 aromatic heterocycles. The Kier molecular flexibility index (Phi) is 3.66. The molecule has 1 amide bonds. The highest BCUT2D eigenvalue weighted by Gasteiger charge is 2.30. The van der Waals surface area contributed by atoms with Crippen LogP contribution in [0.5, 0.6) is 11.5 Å². The third kappa shape index (κ3) is 2.92. The first kappa shape index (κ1) is 13.7. The third-order valence-electron chi connectivity index (χ3n) is 3.51. The van der Waals surface area contributed by atoms with Gasteiger partial charge in [0.25, 0.3) is 5.91 Å². The average Bonchev–Trinajstić information content (AvgIpc) is 3.12. The molecule has 2 atom stereocenters. The molecular formula is C14H15NO6. The van der Waals surface area contributed by atoms with E-state index in [4.69, 9.17) is 19.3 Å². The van der Waals surface area contributed by atoms with Gasteiger partial charge in [-0.2, -0.15) is 0 Å². The van der Waals surface area contributed by atoms with E-state index in [-0.39, 0.29) is 25.3 Å². The zero-order chi connectivity index (χ0) is 14.8. The summed E-state index contributed by atoms with van der Waals surface area (Å²) in [6.07, 6.45) is 0.0691. The Morgan fingerprint density at radius 2 is 2.05 bits per heavy atom. The summed E-state index contributed by atoms with van der Waals surface area (Å²) in [6.45, 7) is 0.448. The fourth-order valence-electron chi connectivity index (χ4n) is 2.38. The number of hydrogen-bond acceptors (Lipinski definition) is 5. The van der Waals surface area contributed by atoms with E-state index in [1.54, 1.807) is 18.2 Å². The molecule has 1 aromatic carbocycles. The van der Waals surface area contributed by atoms with Crippen LogP contribution in [-0.4, -0.2) is 42.5 Å². The highest BCUT2D eigenvalue weighted by atomic mass is 16.7. The molecule has 1 fully saturated rings. The number of amides is 1. The molecule has 21 heavy (non-hydrogen) atoms. The van der Waals surface area contributed by atoms with Crippen LogP contribution in [0.15, 0.2) is 18.2 Å². The third-order valence-corrected chi connectivity index (χ3v) is 3.51. The molecule has 1 aromatic rings. The van der Waals surface area contributed by atoms with Crippen LogP contribution < -0.4 is 14.8 Å². The van der Waals surface area contributed by atoms with Gasteiger partial charge in [0.1, 0.15) is 0 Å². The normalized spacial score (nSPS) is 23.0. The van der Waals surface area contributed by atoms with Crippen LogP contribution in [0.1, 0.15) is 23.2 Å². The Morgan fingerprint density at radius 3 is 2.81 bits per heavy atom. The van der Waals surface area contributed by atoms with Gasteiger partial charge in [-0.15, -0.1) is 0 Å². The fraction of sp³-hybridized carbons (Fsp3) is 0.429. The van der Waals surface area contributed by atoms with Gasteiger partial charge in [0.2, 0.25) is 6.79 Å². The predicted molar refractivity (Wildman–Crippen MR) is 70.4 cm³/mol. The summed E-state index contributed by atoms with van der Waals surface area (Å²) < 4.78 is 15.7. The lowest BCUT2D eigenvalue weighted by Gasteiger charge is -2.12. The van der Waals surface area contributed by atoms with Gasteiger partial charge in [-0.25, -0.2) is 4.79 Å². The SMILES string of the molecule is O=C(NCC1CCC(C(=O)O)O1)c1ccc2c(c1)OCO2. The van der Waals surface area contributed by atoms with Crippen molar-refractivity contribution < 1.29 is 28.9 Å². The largest absolute Gasteiger partial charge is 0.479 e. The Labute approximate surface area is 120 Å². The lowest BCUT2D eigenvalue weighted by Crippen LogP contribution is -2.33. The van der Waals surface area contributed by atoms with E-state index in [0.29, 0.717) is 29.9 Å². The monoisotopic (exact) mass is 293 g/mol. The first-order valence-electron chi connectivity index (χ1n) is 6.69. The second-order valence-corrected chi connectivity index (χ2v) is 4.94. The molecule has 0 bridgehead atoms.